The Labute approximate surface area is 161 Å². The first kappa shape index (κ1) is 16.8. The van der Waals surface area contributed by atoms with Crippen LogP contribution in [0.25, 0.3) is 43.6 Å². The lowest BCUT2D eigenvalue weighted by molar-refractivity contribution is 0.153. The third-order valence-corrected chi connectivity index (χ3v) is 5.42. The molecule has 0 radical (unpaired) electrons. The van der Waals surface area contributed by atoms with Gasteiger partial charge in [0, 0.05) is 22.7 Å². The lowest BCUT2D eigenvalue weighted by Gasteiger charge is -2.13. The number of alkyl halides is 2. The normalized spacial score (nSPS) is 11.7. The number of rotatable bonds is 2. The molecule has 0 bridgehead atoms. The number of benzene rings is 4. The number of aromatic nitrogens is 1. The van der Waals surface area contributed by atoms with E-state index in [0.717, 1.165) is 27.2 Å². The smallest absolute Gasteiger partial charge is 0.256 e. The van der Waals surface area contributed by atoms with E-state index >= 15 is 0 Å². The van der Waals surface area contributed by atoms with Gasteiger partial charge in [-0.25, -0.2) is 8.78 Å². The molecule has 0 fully saturated rings. The molecule has 0 aliphatic carbocycles. The van der Waals surface area contributed by atoms with Crippen molar-refractivity contribution in [2.45, 2.75) is 13.3 Å². The summed E-state index contributed by atoms with van der Waals surface area (Å²) in [7, 11) is 0. The molecule has 0 amide bonds. The third kappa shape index (κ3) is 2.55. The molecule has 0 spiro atoms. The van der Waals surface area contributed by atoms with Crippen LogP contribution in [0.15, 0.2) is 79.0 Å². The summed E-state index contributed by atoms with van der Waals surface area (Å²) in [6.07, 6.45) is -0.778. The number of pyridine rings is 1. The van der Waals surface area contributed by atoms with Crippen LogP contribution in [0.2, 0.25) is 0 Å². The Kier molecular flexibility index (Phi) is 3.83. The summed E-state index contributed by atoms with van der Waals surface area (Å²) >= 11 is 0. The van der Waals surface area contributed by atoms with Gasteiger partial charge in [-0.1, -0.05) is 54.6 Å². The lowest BCUT2D eigenvalue weighted by Crippen LogP contribution is -1.92. The maximum atomic E-state index is 13.7. The largest absolute Gasteiger partial charge is 0.264 e. The molecule has 4 aromatic carbocycles. The zero-order valence-corrected chi connectivity index (χ0v) is 15.3. The topological polar surface area (TPSA) is 12.9 Å². The Morgan fingerprint density at radius 1 is 0.714 bits per heavy atom. The van der Waals surface area contributed by atoms with Crippen LogP contribution in [0, 0.1) is 6.92 Å². The molecule has 1 aromatic heterocycles. The first-order valence-electron chi connectivity index (χ1n) is 9.22. The van der Waals surface area contributed by atoms with Gasteiger partial charge in [0.1, 0.15) is 0 Å². The fourth-order valence-electron chi connectivity index (χ4n) is 4.07. The monoisotopic (exact) mass is 369 g/mol. The second kappa shape index (κ2) is 6.38. The molecule has 136 valence electrons. The second-order valence-corrected chi connectivity index (χ2v) is 7.08. The van der Waals surface area contributed by atoms with Crippen molar-refractivity contribution < 1.29 is 8.78 Å². The summed E-state index contributed by atoms with van der Waals surface area (Å²) in [4.78, 5) is 4.57. The Hall–Kier alpha value is -3.33. The van der Waals surface area contributed by atoms with Crippen molar-refractivity contribution in [3.63, 3.8) is 0 Å². The van der Waals surface area contributed by atoms with E-state index in [4.69, 9.17) is 0 Å². The van der Waals surface area contributed by atoms with Gasteiger partial charge in [0.15, 0.2) is 0 Å². The van der Waals surface area contributed by atoms with Gasteiger partial charge in [-0.2, -0.15) is 0 Å². The molecule has 0 saturated heterocycles. The minimum absolute atomic E-state index is 0.0449. The average Bonchev–Trinajstić information content (AvgIpc) is 2.72. The number of halogens is 2. The van der Waals surface area contributed by atoms with Crippen molar-refractivity contribution in [1.82, 2.24) is 4.98 Å². The van der Waals surface area contributed by atoms with Crippen LogP contribution in [0.3, 0.4) is 0 Å². The zero-order chi connectivity index (χ0) is 19.3. The van der Waals surface area contributed by atoms with Crippen molar-refractivity contribution in [2.75, 3.05) is 0 Å². The lowest BCUT2D eigenvalue weighted by atomic mass is 9.94. The maximum absolute atomic E-state index is 13.7. The highest BCUT2D eigenvalue weighted by molar-refractivity contribution is 6.12. The van der Waals surface area contributed by atoms with E-state index in [1.807, 2.05) is 36.4 Å². The van der Waals surface area contributed by atoms with Crippen LogP contribution >= 0.6 is 0 Å². The molecule has 0 unspecified atom stereocenters. The van der Waals surface area contributed by atoms with E-state index in [1.54, 1.807) is 24.4 Å². The Morgan fingerprint density at radius 3 is 2.32 bits per heavy atom. The van der Waals surface area contributed by atoms with Gasteiger partial charge in [0.25, 0.3) is 6.43 Å². The summed E-state index contributed by atoms with van der Waals surface area (Å²) in [6, 6.07) is 23.2. The molecule has 0 aliphatic heterocycles. The van der Waals surface area contributed by atoms with E-state index in [-0.39, 0.29) is 5.56 Å². The Bertz CT molecular complexity index is 1360. The molecule has 5 aromatic rings. The van der Waals surface area contributed by atoms with Crippen molar-refractivity contribution in [3.8, 4) is 11.3 Å². The number of hydrogen-bond donors (Lipinski definition) is 0. The fourth-order valence-corrected chi connectivity index (χ4v) is 4.07. The summed E-state index contributed by atoms with van der Waals surface area (Å²) in [5, 5.41) is 5.78. The van der Waals surface area contributed by atoms with Crippen LogP contribution in [0.5, 0.6) is 0 Å². The third-order valence-electron chi connectivity index (χ3n) is 5.42. The molecule has 0 N–H and O–H groups in total. The van der Waals surface area contributed by atoms with Crippen LogP contribution in [-0.2, 0) is 0 Å². The van der Waals surface area contributed by atoms with Gasteiger partial charge in [-0.15, -0.1) is 0 Å². The predicted molar refractivity (Wildman–Crippen MR) is 112 cm³/mol. The van der Waals surface area contributed by atoms with Crippen molar-refractivity contribution in [3.05, 3.63) is 90.1 Å². The Morgan fingerprint density at radius 2 is 1.46 bits per heavy atom. The van der Waals surface area contributed by atoms with Crippen molar-refractivity contribution in [1.29, 1.82) is 0 Å². The molecule has 28 heavy (non-hydrogen) atoms. The average molecular weight is 369 g/mol. The van der Waals surface area contributed by atoms with Gasteiger partial charge in [-0.3, -0.25) is 4.98 Å². The zero-order valence-electron chi connectivity index (χ0n) is 15.3. The molecule has 1 heterocycles. The second-order valence-electron chi connectivity index (χ2n) is 7.08. The molecule has 3 heteroatoms. The van der Waals surface area contributed by atoms with Crippen molar-refractivity contribution >= 4 is 32.3 Å². The maximum Gasteiger partial charge on any atom is 0.264 e. The number of fused-ring (bicyclic) bond motifs is 4. The van der Waals surface area contributed by atoms with Crippen molar-refractivity contribution in [2.24, 2.45) is 0 Å². The minimum Gasteiger partial charge on any atom is -0.256 e. The molecular formula is C25H17F2N. The van der Waals surface area contributed by atoms with E-state index in [9.17, 15) is 8.78 Å². The summed E-state index contributed by atoms with van der Waals surface area (Å²) < 4.78 is 27.5. The molecule has 0 saturated carbocycles. The van der Waals surface area contributed by atoms with Gasteiger partial charge in [0.2, 0.25) is 0 Å². The van der Waals surface area contributed by atoms with E-state index in [0.29, 0.717) is 10.9 Å². The molecular weight excluding hydrogens is 352 g/mol. The number of nitrogens with zero attached hydrogens (tertiary/aromatic N) is 1. The summed E-state index contributed by atoms with van der Waals surface area (Å²) in [5.74, 6) is 0. The number of hydrogen-bond acceptors (Lipinski definition) is 1. The molecule has 0 aliphatic rings. The molecule has 1 nitrogen and oxygen atoms in total. The van der Waals surface area contributed by atoms with Crippen LogP contribution < -0.4 is 0 Å². The van der Waals surface area contributed by atoms with Crippen LogP contribution in [-0.4, -0.2) is 4.98 Å². The Balaban J connectivity index is 1.85. The minimum atomic E-state index is -2.54. The summed E-state index contributed by atoms with van der Waals surface area (Å²) in [5.41, 5.74) is 2.70. The van der Waals surface area contributed by atoms with Gasteiger partial charge >= 0.3 is 0 Å². The predicted octanol–water partition coefficient (Wildman–Crippen LogP) is 7.45. The van der Waals surface area contributed by atoms with Crippen LogP contribution in [0.4, 0.5) is 8.78 Å². The van der Waals surface area contributed by atoms with E-state index in [1.165, 1.54) is 10.9 Å². The highest BCUT2D eigenvalue weighted by Crippen LogP contribution is 2.37. The van der Waals surface area contributed by atoms with E-state index < -0.39 is 6.43 Å². The van der Waals surface area contributed by atoms with Gasteiger partial charge in [-0.05, 0) is 57.6 Å². The summed E-state index contributed by atoms with van der Waals surface area (Å²) in [6.45, 7) is 2.09. The molecule has 5 rings (SSSR count). The van der Waals surface area contributed by atoms with Gasteiger partial charge in [0.05, 0.1) is 5.69 Å². The highest BCUT2D eigenvalue weighted by Gasteiger charge is 2.16. The highest BCUT2D eigenvalue weighted by atomic mass is 19.3. The first-order chi connectivity index (χ1) is 13.6. The first-order valence-corrected chi connectivity index (χ1v) is 9.22. The van der Waals surface area contributed by atoms with Gasteiger partial charge < -0.3 is 0 Å². The fraction of sp³-hybridized carbons (Fsp3) is 0.0800. The molecule has 0 atom stereocenters. The standard InChI is InChI=1S/C25H17F2N/c1-15-5-4-8-20-18(15)9-10-22-21(20)11-12-28-24(22)17-13-16-6-2-3-7-19(16)23(14-17)25(26)27/h2-14,25H,1H3. The number of aryl methyl sites for hydroxylation is 1. The SMILES string of the molecule is Cc1cccc2c1ccc1c(-c3cc(C(F)F)c4ccccc4c3)nccc12. The van der Waals surface area contributed by atoms with Crippen LogP contribution in [0.1, 0.15) is 17.6 Å². The van der Waals surface area contributed by atoms with E-state index in [2.05, 4.69) is 30.1 Å². The quantitative estimate of drug-likeness (QED) is 0.294.